The fourth-order valence-corrected chi connectivity index (χ4v) is 2.40. The van der Waals surface area contributed by atoms with E-state index in [9.17, 15) is 4.79 Å². The van der Waals surface area contributed by atoms with E-state index in [1.807, 2.05) is 4.90 Å². The van der Waals surface area contributed by atoms with Crippen LogP contribution in [0.5, 0.6) is 0 Å². The van der Waals surface area contributed by atoms with Crippen molar-refractivity contribution in [2.45, 2.75) is 32.2 Å². The Bertz CT molecular complexity index is 433. The van der Waals surface area contributed by atoms with E-state index in [0.29, 0.717) is 23.4 Å². The summed E-state index contributed by atoms with van der Waals surface area (Å²) >= 11 is 0. The van der Waals surface area contributed by atoms with E-state index in [4.69, 9.17) is 9.26 Å². The molecule has 0 unspecified atom stereocenters. The quantitative estimate of drug-likeness (QED) is 0.815. The van der Waals surface area contributed by atoms with Crippen molar-refractivity contribution < 1.29 is 14.1 Å². The molecule has 1 amide bonds. The topological polar surface area (TPSA) is 55.6 Å². The lowest BCUT2D eigenvalue weighted by Crippen LogP contribution is -2.37. The van der Waals surface area contributed by atoms with E-state index < -0.39 is 0 Å². The van der Waals surface area contributed by atoms with Gasteiger partial charge in [-0.15, -0.1) is 0 Å². The Balaban J connectivity index is 1.70. The molecule has 1 atom stereocenters. The maximum absolute atomic E-state index is 12.4. The summed E-state index contributed by atoms with van der Waals surface area (Å²) in [5.41, 5.74) is 0.429. The minimum Gasteiger partial charge on any atom is -0.381 e. The van der Waals surface area contributed by atoms with Crippen LogP contribution in [-0.4, -0.2) is 41.8 Å². The first-order valence-corrected chi connectivity index (χ1v) is 6.56. The molecular formula is C13H18N2O3. The van der Waals surface area contributed by atoms with Gasteiger partial charge in [0.1, 0.15) is 5.76 Å². The number of carbonyl (C=O) groups excluding carboxylic acids is 1. The van der Waals surface area contributed by atoms with Crippen LogP contribution < -0.4 is 0 Å². The first kappa shape index (κ1) is 11.7. The average Bonchev–Trinajstić information content (AvgIpc) is 2.88. The summed E-state index contributed by atoms with van der Waals surface area (Å²) in [6, 6.07) is 2.11. The van der Waals surface area contributed by atoms with Crippen LogP contribution in [0.4, 0.5) is 0 Å². The summed E-state index contributed by atoms with van der Waals surface area (Å²) in [7, 11) is 0. The van der Waals surface area contributed by atoms with E-state index in [-0.39, 0.29) is 5.91 Å². The highest BCUT2D eigenvalue weighted by molar-refractivity contribution is 5.92. The molecule has 0 radical (unpaired) electrons. The largest absolute Gasteiger partial charge is 0.381 e. The Labute approximate surface area is 106 Å². The Kier molecular flexibility index (Phi) is 3.07. The summed E-state index contributed by atoms with van der Waals surface area (Å²) in [5, 5.41) is 3.82. The van der Waals surface area contributed by atoms with E-state index in [0.717, 1.165) is 39.0 Å². The van der Waals surface area contributed by atoms with Gasteiger partial charge in [0.25, 0.3) is 5.91 Å². The number of carbonyl (C=O) groups is 1. The highest BCUT2D eigenvalue weighted by atomic mass is 16.5. The number of aryl methyl sites for hydroxylation is 1. The lowest BCUT2D eigenvalue weighted by atomic mass is 10.1. The van der Waals surface area contributed by atoms with Crippen LogP contribution in [0.1, 0.15) is 35.5 Å². The fraction of sp³-hybridized carbons (Fsp3) is 0.692. The molecule has 1 saturated carbocycles. The third-order valence-electron chi connectivity index (χ3n) is 3.57. The predicted octanol–water partition coefficient (Wildman–Crippen LogP) is 1.62. The molecule has 2 heterocycles. The number of hydrogen-bond donors (Lipinski definition) is 0. The Morgan fingerprint density at radius 1 is 1.50 bits per heavy atom. The second-order valence-corrected chi connectivity index (χ2v) is 5.24. The van der Waals surface area contributed by atoms with Gasteiger partial charge in [0.2, 0.25) is 0 Å². The second-order valence-electron chi connectivity index (χ2n) is 5.24. The van der Waals surface area contributed by atoms with Gasteiger partial charge < -0.3 is 14.2 Å². The number of nitrogens with zero attached hydrogens (tertiary/aromatic N) is 2. The molecule has 5 nitrogen and oxygen atoms in total. The van der Waals surface area contributed by atoms with Crippen LogP contribution in [0, 0.1) is 12.8 Å². The zero-order chi connectivity index (χ0) is 12.5. The van der Waals surface area contributed by atoms with Crippen LogP contribution in [0.15, 0.2) is 10.6 Å². The summed E-state index contributed by atoms with van der Waals surface area (Å²) in [6.07, 6.45) is 3.26. The summed E-state index contributed by atoms with van der Waals surface area (Å²) in [6.45, 7) is 4.18. The molecule has 0 spiro atoms. The number of amides is 1. The Morgan fingerprint density at radius 2 is 2.33 bits per heavy atom. The number of ether oxygens (including phenoxy) is 1. The van der Waals surface area contributed by atoms with E-state index in [2.05, 4.69) is 5.16 Å². The van der Waals surface area contributed by atoms with E-state index in [1.165, 1.54) is 0 Å². The van der Waals surface area contributed by atoms with Crippen LogP contribution in [0.2, 0.25) is 0 Å². The molecule has 1 aromatic rings. The molecular weight excluding hydrogens is 232 g/mol. The zero-order valence-electron chi connectivity index (χ0n) is 10.6. The number of aromatic nitrogens is 1. The minimum absolute atomic E-state index is 0.00116. The lowest BCUT2D eigenvalue weighted by Gasteiger charge is -2.24. The van der Waals surface area contributed by atoms with Gasteiger partial charge in [-0.3, -0.25) is 4.79 Å². The van der Waals surface area contributed by atoms with Crippen molar-refractivity contribution in [1.82, 2.24) is 10.1 Å². The van der Waals surface area contributed by atoms with Crippen molar-refractivity contribution in [1.29, 1.82) is 0 Å². The average molecular weight is 250 g/mol. The van der Waals surface area contributed by atoms with Crippen molar-refractivity contribution in [3.8, 4) is 0 Å². The first-order valence-electron chi connectivity index (χ1n) is 6.56. The predicted molar refractivity (Wildman–Crippen MR) is 64.2 cm³/mol. The Hall–Kier alpha value is -1.36. The van der Waals surface area contributed by atoms with Gasteiger partial charge in [-0.2, -0.15) is 0 Å². The highest BCUT2D eigenvalue weighted by Gasteiger charge is 2.36. The lowest BCUT2D eigenvalue weighted by molar-refractivity contribution is 0.0696. The summed E-state index contributed by atoms with van der Waals surface area (Å²) < 4.78 is 10.4. The van der Waals surface area contributed by atoms with Gasteiger partial charge in [0.15, 0.2) is 5.69 Å². The number of hydrogen-bond acceptors (Lipinski definition) is 4. The van der Waals surface area contributed by atoms with Gasteiger partial charge in [-0.25, -0.2) is 0 Å². The summed E-state index contributed by atoms with van der Waals surface area (Å²) in [5.74, 6) is 1.15. The maximum atomic E-state index is 12.4. The standard InChI is InChI=1S/C13H18N2O3/c1-9-6-12(14-18-9)13(16)15(11-2-3-11)7-10-4-5-17-8-10/h6,10-11H,2-5,7-8H2,1H3/t10-/m1/s1. The van der Waals surface area contributed by atoms with Crippen LogP contribution >= 0.6 is 0 Å². The third-order valence-corrected chi connectivity index (χ3v) is 3.57. The molecule has 3 rings (SSSR count). The van der Waals surface area contributed by atoms with Crippen molar-refractivity contribution in [2.24, 2.45) is 5.92 Å². The molecule has 1 aliphatic heterocycles. The molecule has 2 aliphatic rings. The van der Waals surface area contributed by atoms with Gasteiger partial charge in [0, 0.05) is 31.2 Å². The van der Waals surface area contributed by atoms with Crippen molar-refractivity contribution in [3.63, 3.8) is 0 Å². The minimum atomic E-state index is 0.00116. The zero-order valence-corrected chi connectivity index (χ0v) is 10.6. The van der Waals surface area contributed by atoms with Gasteiger partial charge in [-0.05, 0) is 26.2 Å². The normalized spacial score (nSPS) is 23.3. The highest BCUT2D eigenvalue weighted by Crippen LogP contribution is 2.30. The SMILES string of the molecule is Cc1cc(C(=O)N(C[C@H]2CCOC2)C2CC2)no1. The molecule has 5 heteroatoms. The van der Waals surface area contributed by atoms with Crippen LogP contribution in [-0.2, 0) is 4.74 Å². The van der Waals surface area contributed by atoms with Crippen molar-refractivity contribution >= 4 is 5.91 Å². The van der Waals surface area contributed by atoms with Gasteiger partial charge in [0.05, 0.1) is 6.61 Å². The van der Waals surface area contributed by atoms with Crippen LogP contribution in [0.25, 0.3) is 0 Å². The van der Waals surface area contributed by atoms with Crippen molar-refractivity contribution in [2.75, 3.05) is 19.8 Å². The molecule has 1 saturated heterocycles. The molecule has 2 fully saturated rings. The second kappa shape index (κ2) is 4.72. The van der Waals surface area contributed by atoms with E-state index >= 15 is 0 Å². The molecule has 1 aliphatic carbocycles. The monoisotopic (exact) mass is 250 g/mol. The molecule has 0 aromatic carbocycles. The maximum Gasteiger partial charge on any atom is 0.276 e. The molecule has 0 bridgehead atoms. The van der Waals surface area contributed by atoms with Crippen LogP contribution in [0.3, 0.4) is 0 Å². The smallest absolute Gasteiger partial charge is 0.276 e. The molecule has 98 valence electrons. The fourth-order valence-electron chi connectivity index (χ4n) is 2.40. The number of rotatable bonds is 4. The summed E-state index contributed by atoms with van der Waals surface area (Å²) in [4.78, 5) is 14.3. The molecule has 1 aromatic heterocycles. The van der Waals surface area contributed by atoms with E-state index in [1.54, 1.807) is 13.0 Å². The molecule has 0 N–H and O–H groups in total. The first-order chi connectivity index (χ1) is 8.74. The van der Waals surface area contributed by atoms with Crippen molar-refractivity contribution in [3.05, 3.63) is 17.5 Å². The third kappa shape index (κ3) is 2.41. The molecule has 18 heavy (non-hydrogen) atoms. The van der Waals surface area contributed by atoms with Gasteiger partial charge in [-0.1, -0.05) is 5.16 Å². The Morgan fingerprint density at radius 3 is 2.89 bits per heavy atom. The van der Waals surface area contributed by atoms with Gasteiger partial charge >= 0.3 is 0 Å².